The molecule has 1 unspecified atom stereocenters. The van der Waals surface area contributed by atoms with Crippen molar-refractivity contribution in [3.63, 3.8) is 0 Å². The highest BCUT2D eigenvalue weighted by molar-refractivity contribution is 5.47. The molecule has 3 heterocycles. The Morgan fingerprint density at radius 3 is 2.82 bits per heavy atom. The molecule has 0 saturated heterocycles. The molecular weight excluding hydrogens is 346 g/mol. The van der Waals surface area contributed by atoms with Crippen molar-refractivity contribution in [2.45, 2.75) is 78.1 Å². The third-order valence-electron chi connectivity index (χ3n) is 5.62. The molecule has 1 aliphatic heterocycles. The average Bonchev–Trinajstić information content (AvgIpc) is 2.73. The Bertz CT molecular complexity index is 717. The Morgan fingerprint density at radius 1 is 1.14 bits per heavy atom. The third-order valence-corrected chi connectivity index (χ3v) is 5.62. The lowest BCUT2D eigenvalue weighted by Crippen LogP contribution is -2.13. The fourth-order valence-corrected chi connectivity index (χ4v) is 3.96. The van der Waals surface area contributed by atoms with Gasteiger partial charge >= 0.3 is 0 Å². The Morgan fingerprint density at radius 2 is 2.00 bits per heavy atom. The molecule has 1 atom stereocenters. The number of methoxy groups -OCH3 is 1. The van der Waals surface area contributed by atoms with Crippen LogP contribution in [0.15, 0.2) is 30.5 Å². The Labute approximate surface area is 171 Å². The zero-order valence-corrected chi connectivity index (χ0v) is 16.8. The number of rotatable bonds is 10. The predicted molar refractivity (Wildman–Crippen MR) is 118 cm³/mol. The van der Waals surface area contributed by atoms with Crippen molar-refractivity contribution in [2.24, 2.45) is 0 Å². The average molecular weight is 384 g/mol. The normalized spacial score (nSPS) is 13.8. The maximum Gasteiger partial charge on any atom is 0.213 e. The Kier molecular flexibility index (Phi) is 9.26. The van der Waals surface area contributed by atoms with Crippen LogP contribution < -0.4 is 10.1 Å². The van der Waals surface area contributed by atoms with Crippen LogP contribution in [0.1, 0.15) is 82.0 Å². The zero-order valence-electron chi connectivity index (χ0n) is 16.8. The lowest BCUT2D eigenvalue weighted by atomic mass is 9.91. The van der Waals surface area contributed by atoms with Crippen LogP contribution in [0.3, 0.4) is 0 Å². The predicted octanol–water partition coefficient (Wildman–Crippen LogP) is 6.17. The summed E-state index contributed by atoms with van der Waals surface area (Å²) in [5, 5.41) is 3.43. The molecule has 0 aliphatic carbocycles. The van der Waals surface area contributed by atoms with E-state index in [0.717, 1.165) is 31.1 Å². The lowest BCUT2D eigenvalue weighted by Gasteiger charge is -2.17. The van der Waals surface area contributed by atoms with Crippen LogP contribution >= 0.6 is 0 Å². The quantitative estimate of drug-likeness (QED) is 0.499. The van der Waals surface area contributed by atoms with Gasteiger partial charge in [0.25, 0.3) is 0 Å². The standard InChI is InChI=1S/C23H33N3O.CH4/c1-3-18(20-14-16-24-22(17-20)27-2)9-6-4-5-7-11-21-13-12-19-10-8-15-25-23(19)26-21;/h12-14,16-18H,3-11,15H2,1-2H3,(H,25,26);1H4. The number of ether oxygens (including phenoxy) is 1. The molecule has 1 aliphatic rings. The minimum Gasteiger partial charge on any atom is -0.481 e. The summed E-state index contributed by atoms with van der Waals surface area (Å²) in [4.78, 5) is 9.02. The summed E-state index contributed by atoms with van der Waals surface area (Å²) in [7, 11) is 1.68. The van der Waals surface area contributed by atoms with E-state index in [0.29, 0.717) is 5.92 Å². The number of nitrogens with zero attached hydrogens (tertiary/aromatic N) is 2. The summed E-state index contributed by atoms with van der Waals surface area (Å²) in [6, 6.07) is 8.70. The van der Waals surface area contributed by atoms with Crippen LogP contribution in [0, 0.1) is 0 Å². The van der Waals surface area contributed by atoms with Gasteiger partial charge in [-0.05, 0) is 67.7 Å². The van der Waals surface area contributed by atoms with E-state index in [1.807, 2.05) is 6.20 Å². The first-order chi connectivity index (χ1) is 13.3. The van der Waals surface area contributed by atoms with Crippen molar-refractivity contribution in [1.29, 1.82) is 0 Å². The first-order valence-electron chi connectivity index (χ1n) is 10.5. The van der Waals surface area contributed by atoms with Crippen LogP contribution in [-0.2, 0) is 12.8 Å². The van der Waals surface area contributed by atoms with Crippen LogP contribution in [0.25, 0.3) is 0 Å². The molecule has 1 N–H and O–H groups in total. The van der Waals surface area contributed by atoms with Crippen molar-refractivity contribution in [1.82, 2.24) is 9.97 Å². The highest BCUT2D eigenvalue weighted by atomic mass is 16.5. The van der Waals surface area contributed by atoms with E-state index >= 15 is 0 Å². The van der Waals surface area contributed by atoms with E-state index in [9.17, 15) is 0 Å². The molecule has 4 nitrogen and oxygen atoms in total. The third kappa shape index (κ3) is 6.22. The van der Waals surface area contributed by atoms with E-state index in [4.69, 9.17) is 9.72 Å². The van der Waals surface area contributed by atoms with Gasteiger partial charge in [0, 0.05) is 24.5 Å². The first kappa shape index (κ1) is 22.2. The van der Waals surface area contributed by atoms with E-state index in [2.05, 4.69) is 41.5 Å². The smallest absolute Gasteiger partial charge is 0.213 e. The fourth-order valence-electron chi connectivity index (χ4n) is 3.96. The molecule has 0 spiro atoms. The molecule has 0 aromatic carbocycles. The molecule has 0 bridgehead atoms. The number of aromatic nitrogens is 2. The van der Waals surface area contributed by atoms with Crippen molar-refractivity contribution in [3.05, 3.63) is 47.3 Å². The number of hydrogen-bond donors (Lipinski definition) is 1. The van der Waals surface area contributed by atoms with E-state index in [1.54, 1.807) is 7.11 Å². The van der Waals surface area contributed by atoms with Gasteiger partial charge in [0.2, 0.25) is 5.88 Å². The van der Waals surface area contributed by atoms with E-state index in [-0.39, 0.29) is 7.43 Å². The van der Waals surface area contributed by atoms with Gasteiger partial charge in [-0.25, -0.2) is 9.97 Å². The monoisotopic (exact) mass is 383 g/mol. The number of aryl methyl sites for hydroxylation is 2. The minimum absolute atomic E-state index is 0. The van der Waals surface area contributed by atoms with Gasteiger partial charge in [-0.15, -0.1) is 0 Å². The van der Waals surface area contributed by atoms with E-state index < -0.39 is 0 Å². The van der Waals surface area contributed by atoms with Crippen LogP contribution in [0.5, 0.6) is 5.88 Å². The molecule has 0 radical (unpaired) electrons. The summed E-state index contributed by atoms with van der Waals surface area (Å²) >= 11 is 0. The van der Waals surface area contributed by atoms with Gasteiger partial charge in [0.1, 0.15) is 5.82 Å². The SMILES string of the molecule is C.CCC(CCCCCCc1ccc2c(n1)NCCC2)c1ccnc(OC)c1. The van der Waals surface area contributed by atoms with Gasteiger partial charge in [0.05, 0.1) is 7.11 Å². The van der Waals surface area contributed by atoms with Gasteiger partial charge in [-0.3, -0.25) is 0 Å². The summed E-state index contributed by atoms with van der Waals surface area (Å²) in [5.74, 6) is 2.45. The first-order valence-corrected chi connectivity index (χ1v) is 10.5. The minimum atomic E-state index is 0. The number of anilines is 1. The summed E-state index contributed by atoms with van der Waals surface area (Å²) in [5.41, 5.74) is 3.97. The summed E-state index contributed by atoms with van der Waals surface area (Å²) in [6.45, 7) is 3.33. The molecule has 2 aromatic rings. The molecule has 0 fully saturated rings. The van der Waals surface area contributed by atoms with Gasteiger partial charge in [-0.1, -0.05) is 39.7 Å². The van der Waals surface area contributed by atoms with Crippen molar-refractivity contribution < 1.29 is 4.74 Å². The van der Waals surface area contributed by atoms with Crippen molar-refractivity contribution >= 4 is 5.82 Å². The number of fused-ring (bicyclic) bond motifs is 1. The maximum atomic E-state index is 5.26. The van der Waals surface area contributed by atoms with Gasteiger partial charge in [0.15, 0.2) is 0 Å². The van der Waals surface area contributed by atoms with Crippen LogP contribution in [0.4, 0.5) is 5.82 Å². The highest BCUT2D eigenvalue weighted by Crippen LogP contribution is 2.27. The number of unbranched alkanes of at least 4 members (excludes halogenated alkanes) is 3. The topological polar surface area (TPSA) is 47.0 Å². The van der Waals surface area contributed by atoms with Crippen molar-refractivity contribution in [2.75, 3.05) is 19.0 Å². The lowest BCUT2D eigenvalue weighted by molar-refractivity contribution is 0.396. The van der Waals surface area contributed by atoms with Gasteiger partial charge < -0.3 is 10.1 Å². The second-order valence-electron chi connectivity index (χ2n) is 7.53. The second-order valence-corrected chi connectivity index (χ2v) is 7.53. The Balaban J connectivity index is 0.00000280. The molecule has 4 heteroatoms. The highest BCUT2D eigenvalue weighted by Gasteiger charge is 2.11. The summed E-state index contributed by atoms with van der Waals surface area (Å²) < 4.78 is 5.26. The molecule has 0 saturated carbocycles. The number of pyridine rings is 2. The summed E-state index contributed by atoms with van der Waals surface area (Å²) in [6.07, 6.45) is 12.8. The number of nitrogens with one attached hydrogen (secondary N) is 1. The maximum absolute atomic E-state index is 5.26. The molecule has 2 aromatic heterocycles. The molecule has 28 heavy (non-hydrogen) atoms. The van der Waals surface area contributed by atoms with Crippen LogP contribution in [0.2, 0.25) is 0 Å². The molecule has 0 amide bonds. The Hall–Kier alpha value is -2.10. The molecular formula is C24H37N3O. The van der Waals surface area contributed by atoms with Crippen molar-refractivity contribution in [3.8, 4) is 5.88 Å². The van der Waals surface area contributed by atoms with Crippen LogP contribution in [-0.4, -0.2) is 23.6 Å². The molecule has 3 rings (SSSR count). The number of hydrogen-bond acceptors (Lipinski definition) is 4. The molecule has 154 valence electrons. The van der Waals surface area contributed by atoms with E-state index in [1.165, 1.54) is 61.8 Å². The second kappa shape index (κ2) is 11.7. The largest absolute Gasteiger partial charge is 0.481 e. The fraction of sp³-hybridized carbons (Fsp3) is 0.583. The zero-order chi connectivity index (χ0) is 18.9. The van der Waals surface area contributed by atoms with Gasteiger partial charge in [-0.2, -0.15) is 0 Å².